The second kappa shape index (κ2) is 23.9. The molecule has 4 atom stereocenters. The van der Waals surface area contributed by atoms with E-state index in [2.05, 4.69) is 5.32 Å². The second-order valence-corrected chi connectivity index (χ2v) is 3.11. The van der Waals surface area contributed by atoms with Crippen molar-refractivity contribution >= 4 is 0 Å². The van der Waals surface area contributed by atoms with Crippen molar-refractivity contribution in [3.63, 3.8) is 0 Å². The molecule has 1 fully saturated rings. The van der Waals surface area contributed by atoms with Gasteiger partial charge in [-0.2, -0.15) is 0 Å². The summed E-state index contributed by atoms with van der Waals surface area (Å²) >= 11 is 0. The van der Waals surface area contributed by atoms with Crippen LogP contribution in [0.5, 0.6) is 0 Å². The van der Waals surface area contributed by atoms with Gasteiger partial charge in [-0.15, -0.1) is 0 Å². The van der Waals surface area contributed by atoms with Crippen molar-refractivity contribution in [2.45, 2.75) is 25.2 Å². The van der Waals surface area contributed by atoms with Gasteiger partial charge < -0.3 is 20.6 Å². The molecule has 0 aromatic heterocycles. The zero-order valence-corrected chi connectivity index (χ0v) is 30.0. The molecular weight excluding hydrogens is 1430 g/mol. The van der Waals surface area contributed by atoms with Crippen LogP contribution in [-0.4, -0.2) is 46.7 Å². The predicted molar refractivity (Wildman–Crippen MR) is 40.1 cm³/mol. The van der Waals surface area contributed by atoms with Crippen molar-refractivity contribution in [1.82, 2.24) is 5.32 Å². The van der Waals surface area contributed by atoms with Gasteiger partial charge >= 0.3 is 0 Å². The van der Waals surface area contributed by atoms with Gasteiger partial charge in [0.2, 0.25) is 0 Å². The van der Waals surface area contributed by atoms with E-state index in [0.29, 0.717) is 6.54 Å². The summed E-state index contributed by atoms with van der Waals surface area (Å²) in [6, 6.07) is -0.0894. The van der Waals surface area contributed by atoms with E-state index in [1.54, 1.807) is 6.92 Å². The van der Waals surface area contributed by atoms with Gasteiger partial charge in [0.25, 0.3) is 0 Å². The van der Waals surface area contributed by atoms with Crippen molar-refractivity contribution in [3.8, 4) is 0 Å². The van der Waals surface area contributed by atoms with Gasteiger partial charge in [-0.05, 0) is 0 Å². The van der Waals surface area contributed by atoms with Crippen molar-refractivity contribution in [3.05, 3.63) is 0 Å². The molecule has 4 nitrogen and oxygen atoms in total. The van der Waals surface area contributed by atoms with E-state index in [4.69, 9.17) is 10.2 Å². The molecule has 11 heteroatoms. The van der Waals surface area contributed by atoms with Crippen LogP contribution >= 0.6 is 0 Å². The second-order valence-electron chi connectivity index (χ2n) is 3.11. The number of β-amino-alcohol motifs (C(OH)–C–C–N with tert-alkyl or cyclic N) is 1. The SMILES string of the molecule is CC1C(CO)NCC(O)C1O.[W].[W].[W].[W].[W].[W].[W]. The Kier molecular flexibility index (Phi) is 57.6. The summed E-state index contributed by atoms with van der Waals surface area (Å²) in [5.74, 6) is -0.0938. The fraction of sp³-hybridized carbons (Fsp3) is 1.00. The average molecular weight is 1450 g/mol. The van der Waals surface area contributed by atoms with Crippen molar-refractivity contribution in [2.24, 2.45) is 5.92 Å². The van der Waals surface area contributed by atoms with E-state index >= 15 is 0 Å². The Balaban J connectivity index is -0.0000000346. The van der Waals surface area contributed by atoms with Gasteiger partial charge in [-0.25, -0.2) is 0 Å². The number of piperidine rings is 1. The Bertz CT molecular complexity index is 146. The van der Waals surface area contributed by atoms with Crippen LogP contribution in [0.1, 0.15) is 6.92 Å². The Morgan fingerprint density at radius 1 is 0.944 bits per heavy atom. The van der Waals surface area contributed by atoms with Crippen LogP contribution in [0.25, 0.3) is 0 Å². The topological polar surface area (TPSA) is 72.7 Å². The Labute approximate surface area is 209 Å². The maximum atomic E-state index is 9.35. The maximum absolute atomic E-state index is 9.35. The number of hydrogen-bond acceptors (Lipinski definition) is 4. The normalized spacial score (nSPS) is 28.0. The molecule has 0 aromatic rings. The third kappa shape index (κ3) is 14.3. The number of hydrogen-bond donors (Lipinski definition) is 4. The molecule has 0 radical (unpaired) electrons. The molecule has 0 saturated carbocycles. The number of rotatable bonds is 1. The molecule has 1 aliphatic rings. The molecule has 1 aliphatic heterocycles. The largest absolute Gasteiger partial charge is 0.395 e. The molecule has 18 heavy (non-hydrogen) atoms. The zero-order valence-electron chi connectivity index (χ0n) is 9.42. The summed E-state index contributed by atoms with van der Waals surface area (Å²) in [4.78, 5) is 0. The fourth-order valence-corrected chi connectivity index (χ4v) is 1.40. The first-order valence-electron chi connectivity index (χ1n) is 3.87. The third-order valence-electron chi connectivity index (χ3n) is 2.35. The van der Waals surface area contributed by atoms with E-state index in [1.807, 2.05) is 0 Å². The van der Waals surface area contributed by atoms with Gasteiger partial charge in [-0.1, -0.05) is 6.92 Å². The monoisotopic (exact) mass is 1450 g/mol. The van der Waals surface area contributed by atoms with Crippen molar-refractivity contribution in [2.75, 3.05) is 13.2 Å². The average Bonchev–Trinajstić information content (AvgIpc) is 2.01. The standard InChI is InChI=1S/C7H15NO3.7W/c1-4-5(3-9)8-2-6(10)7(4)11;;;;;;;/h4-11H,2-3H2,1H3;;;;;;;. The van der Waals surface area contributed by atoms with Crippen LogP contribution in [-0.2, 0) is 147 Å². The third-order valence-corrected chi connectivity index (χ3v) is 2.35. The van der Waals surface area contributed by atoms with E-state index in [1.165, 1.54) is 0 Å². The van der Waals surface area contributed by atoms with Crippen LogP contribution in [0.2, 0.25) is 0 Å². The van der Waals surface area contributed by atoms with Gasteiger partial charge in [0.15, 0.2) is 0 Å². The molecule has 4 N–H and O–H groups in total. The molecule has 1 rings (SSSR count). The molecule has 0 aromatic carbocycles. The van der Waals surface area contributed by atoms with Gasteiger partial charge in [0, 0.05) is 166 Å². The first kappa shape index (κ1) is 43.3. The summed E-state index contributed by atoms with van der Waals surface area (Å²) in [6.07, 6.45) is -1.42. The summed E-state index contributed by atoms with van der Waals surface area (Å²) in [5.41, 5.74) is 0. The Hall–Kier alpha value is 4.66. The van der Waals surface area contributed by atoms with Crippen LogP contribution in [0, 0.1) is 5.92 Å². The van der Waals surface area contributed by atoms with Gasteiger partial charge in [0.05, 0.1) is 18.8 Å². The minimum Gasteiger partial charge on any atom is -0.395 e. The van der Waals surface area contributed by atoms with Gasteiger partial charge in [-0.3, -0.25) is 0 Å². The molecular formula is C7H15NO3W7. The quantitative estimate of drug-likeness (QED) is 0.253. The molecule has 1 saturated heterocycles. The zero-order chi connectivity index (χ0) is 8.43. The molecule has 108 valence electrons. The molecule has 1 heterocycles. The fourth-order valence-electron chi connectivity index (χ4n) is 1.40. The number of aliphatic hydroxyl groups is 3. The maximum Gasteiger partial charge on any atom is 0.0926 e. The van der Waals surface area contributed by atoms with Crippen molar-refractivity contribution < 1.29 is 163 Å². The first-order valence-corrected chi connectivity index (χ1v) is 3.87. The molecule has 0 spiro atoms. The summed E-state index contributed by atoms with van der Waals surface area (Å²) in [6.45, 7) is 2.17. The van der Waals surface area contributed by atoms with Gasteiger partial charge in [0.1, 0.15) is 0 Å². The van der Waals surface area contributed by atoms with E-state index in [0.717, 1.165) is 0 Å². The molecule has 0 aliphatic carbocycles. The number of nitrogens with one attached hydrogen (secondary N) is 1. The molecule has 0 bridgehead atoms. The summed E-state index contributed by atoms with van der Waals surface area (Å²) in [7, 11) is 0. The van der Waals surface area contributed by atoms with Crippen LogP contribution < -0.4 is 5.32 Å². The molecule has 0 amide bonds. The Morgan fingerprint density at radius 2 is 1.33 bits per heavy atom. The van der Waals surface area contributed by atoms with Crippen molar-refractivity contribution in [1.29, 1.82) is 0 Å². The minimum atomic E-state index is -0.714. The predicted octanol–water partition coefficient (Wildman–Crippen LogP) is -1.71. The van der Waals surface area contributed by atoms with Crippen LogP contribution in [0.15, 0.2) is 0 Å². The van der Waals surface area contributed by atoms with E-state index in [-0.39, 0.29) is 166 Å². The summed E-state index contributed by atoms with van der Waals surface area (Å²) in [5, 5.41) is 30.3. The molecule has 4 unspecified atom stereocenters. The minimum absolute atomic E-state index is 0. The smallest absolute Gasteiger partial charge is 0.0926 e. The summed E-state index contributed by atoms with van der Waals surface area (Å²) < 4.78 is 0. The van der Waals surface area contributed by atoms with Crippen LogP contribution in [0.3, 0.4) is 0 Å². The van der Waals surface area contributed by atoms with Crippen LogP contribution in [0.4, 0.5) is 0 Å². The van der Waals surface area contributed by atoms with E-state index in [9.17, 15) is 5.11 Å². The Morgan fingerprint density at radius 3 is 1.67 bits per heavy atom. The number of aliphatic hydroxyl groups excluding tert-OH is 3. The first-order chi connectivity index (χ1) is 5.16. The van der Waals surface area contributed by atoms with E-state index < -0.39 is 12.2 Å².